The molecule has 5 rings (SSSR count). The monoisotopic (exact) mass is 398 g/mol. The summed E-state index contributed by atoms with van der Waals surface area (Å²) in [5, 5.41) is 0. The highest BCUT2D eigenvalue weighted by molar-refractivity contribution is 5.99. The number of para-hydroxylation sites is 2. The number of hydrogen-bond donors (Lipinski definition) is 2. The number of anilines is 1. The molecule has 1 aliphatic heterocycles. The van der Waals surface area contributed by atoms with Crippen LogP contribution in [-0.2, 0) is 0 Å². The summed E-state index contributed by atoms with van der Waals surface area (Å²) in [5.41, 5.74) is 9.68. The quantitative estimate of drug-likeness (QED) is 0.549. The van der Waals surface area contributed by atoms with Gasteiger partial charge in [0, 0.05) is 30.8 Å². The van der Waals surface area contributed by atoms with Crippen LogP contribution in [-0.4, -0.2) is 43.8 Å². The van der Waals surface area contributed by atoms with E-state index in [-0.39, 0.29) is 17.8 Å². The summed E-state index contributed by atoms with van der Waals surface area (Å²) in [4.78, 5) is 31.9. The molecule has 4 aromatic rings. The van der Waals surface area contributed by atoms with Crippen LogP contribution in [0.5, 0.6) is 0 Å². The SMILES string of the molecule is Nc1ncc(C(=O)N2CCCC(c3nc4ccccc4[nH]3)C2)c(-c2ccccc2)n1. The molecule has 7 nitrogen and oxygen atoms in total. The van der Waals surface area contributed by atoms with Gasteiger partial charge in [0.05, 0.1) is 22.3 Å². The largest absolute Gasteiger partial charge is 0.368 e. The molecule has 0 bridgehead atoms. The minimum Gasteiger partial charge on any atom is -0.368 e. The molecule has 150 valence electrons. The summed E-state index contributed by atoms with van der Waals surface area (Å²) in [5.74, 6) is 1.19. The summed E-state index contributed by atoms with van der Waals surface area (Å²) >= 11 is 0. The van der Waals surface area contributed by atoms with Crippen LogP contribution in [0.1, 0.15) is 34.9 Å². The van der Waals surface area contributed by atoms with E-state index in [1.54, 1.807) is 0 Å². The Hall–Kier alpha value is -3.74. The van der Waals surface area contributed by atoms with Gasteiger partial charge in [0.2, 0.25) is 5.95 Å². The average molecular weight is 398 g/mol. The topological polar surface area (TPSA) is 101 Å². The lowest BCUT2D eigenvalue weighted by atomic mass is 9.96. The number of aromatic nitrogens is 4. The normalized spacial score (nSPS) is 16.7. The molecule has 2 aromatic carbocycles. The number of piperidine rings is 1. The standard InChI is InChI=1S/C23H22N6O/c24-23-25-13-17(20(28-23)15-7-2-1-3-8-15)22(30)29-12-6-9-16(14-29)21-26-18-10-4-5-11-19(18)27-21/h1-5,7-8,10-11,13,16H,6,9,12,14H2,(H,26,27)(H2,24,25,28). The van der Waals surface area contributed by atoms with Crippen molar-refractivity contribution in [3.63, 3.8) is 0 Å². The molecule has 0 saturated carbocycles. The van der Waals surface area contributed by atoms with E-state index < -0.39 is 0 Å². The smallest absolute Gasteiger partial charge is 0.257 e. The number of H-pyrrole nitrogens is 1. The number of benzene rings is 2. The molecule has 2 aromatic heterocycles. The van der Waals surface area contributed by atoms with Crippen LogP contribution in [0.15, 0.2) is 60.8 Å². The van der Waals surface area contributed by atoms with Gasteiger partial charge in [0.25, 0.3) is 5.91 Å². The zero-order valence-corrected chi connectivity index (χ0v) is 16.5. The van der Waals surface area contributed by atoms with E-state index >= 15 is 0 Å². The number of likely N-dealkylation sites (tertiary alicyclic amines) is 1. The first kappa shape index (κ1) is 18.3. The highest BCUT2D eigenvalue weighted by atomic mass is 16.2. The van der Waals surface area contributed by atoms with E-state index in [9.17, 15) is 4.79 Å². The third kappa shape index (κ3) is 3.39. The van der Waals surface area contributed by atoms with Gasteiger partial charge >= 0.3 is 0 Å². The van der Waals surface area contributed by atoms with Gasteiger partial charge in [-0.2, -0.15) is 0 Å². The fourth-order valence-electron chi connectivity index (χ4n) is 4.09. The van der Waals surface area contributed by atoms with Gasteiger partial charge in [-0.05, 0) is 25.0 Å². The number of nitrogen functional groups attached to an aromatic ring is 1. The molecule has 1 saturated heterocycles. The van der Waals surface area contributed by atoms with E-state index in [1.165, 1.54) is 6.20 Å². The van der Waals surface area contributed by atoms with Gasteiger partial charge in [-0.15, -0.1) is 0 Å². The molecular formula is C23H22N6O. The van der Waals surface area contributed by atoms with Crippen molar-refractivity contribution in [3.8, 4) is 11.3 Å². The Morgan fingerprint density at radius 1 is 1.07 bits per heavy atom. The molecule has 0 aliphatic carbocycles. The predicted molar refractivity (Wildman–Crippen MR) is 116 cm³/mol. The first-order chi connectivity index (χ1) is 14.7. The van der Waals surface area contributed by atoms with E-state index in [2.05, 4.69) is 15.0 Å². The lowest BCUT2D eigenvalue weighted by Crippen LogP contribution is -2.39. The molecule has 0 radical (unpaired) electrons. The van der Waals surface area contributed by atoms with Crippen LogP contribution < -0.4 is 5.73 Å². The van der Waals surface area contributed by atoms with Gasteiger partial charge in [0.15, 0.2) is 0 Å². The van der Waals surface area contributed by atoms with Crippen molar-refractivity contribution < 1.29 is 4.79 Å². The number of imidazole rings is 1. The molecule has 1 atom stereocenters. The van der Waals surface area contributed by atoms with Crippen LogP contribution in [0.2, 0.25) is 0 Å². The van der Waals surface area contributed by atoms with Crippen molar-refractivity contribution in [2.24, 2.45) is 0 Å². The van der Waals surface area contributed by atoms with E-state index in [0.717, 1.165) is 35.3 Å². The fourth-order valence-corrected chi connectivity index (χ4v) is 4.09. The molecule has 3 N–H and O–H groups in total. The Morgan fingerprint density at radius 2 is 1.87 bits per heavy atom. The number of rotatable bonds is 3. The first-order valence-electron chi connectivity index (χ1n) is 10.1. The molecular weight excluding hydrogens is 376 g/mol. The van der Waals surface area contributed by atoms with Gasteiger partial charge < -0.3 is 15.6 Å². The second-order valence-corrected chi connectivity index (χ2v) is 7.59. The number of aromatic amines is 1. The van der Waals surface area contributed by atoms with E-state index in [0.29, 0.717) is 24.3 Å². The van der Waals surface area contributed by atoms with Crippen molar-refractivity contribution in [1.29, 1.82) is 0 Å². The second kappa shape index (κ2) is 7.59. The third-order valence-electron chi connectivity index (χ3n) is 5.59. The minimum absolute atomic E-state index is 0.0744. The lowest BCUT2D eigenvalue weighted by Gasteiger charge is -2.32. The van der Waals surface area contributed by atoms with Gasteiger partial charge in [-0.25, -0.2) is 15.0 Å². The number of nitrogens with one attached hydrogen (secondary N) is 1. The molecule has 1 unspecified atom stereocenters. The highest BCUT2D eigenvalue weighted by Gasteiger charge is 2.29. The summed E-state index contributed by atoms with van der Waals surface area (Å²) in [6.07, 6.45) is 3.45. The van der Waals surface area contributed by atoms with Crippen LogP contribution in [0, 0.1) is 0 Å². The number of nitrogens with two attached hydrogens (primary N) is 1. The molecule has 1 aliphatic rings. The zero-order chi connectivity index (χ0) is 20.5. The maximum atomic E-state index is 13.4. The highest BCUT2D eigenvalue weighted by Crippen LogP contribution is 2.29. The third-order valence-corrected chi connectivity index (χ3v) is 5.59. The Morgan fingerprint density at radius 3 is 2.70 bits per heavy atom. The first-order valence-corrected chi connectivity index (χ1v) is 10.1. The summed E-state index contributed by atoms with van der Waals surface area (Å²) < 4.78 is 0. The van der Waals surface area contributed by atoms with Crippen molar-refractivity contribution in [2.45, 2.75) is 18.8 Å². The van der Waals surface area contributed by atoms with Crippen LogP contribution in [0.25, 0.3) is 22.3 Å². The zero-order valence-electron chi connectivity index (χ0n) is 16.5. The Balaban J connectivity index is 1.44. The molecule has 1 fully saturated rings. The van der Waals surface area contributed by atoms with Crippen molar-refractivity contribution in [3.05, 3.63) is 72.2 Å². The van der Waals surface area contributed by atoms with Crippen molar-refractivity contribution in [1.82, 2.24) is 24.8 Å². The number of amides is 1. The molecule has 3 heterocycles. The summed E-state index contributed by atoms with van der Waals surface area (Å²) in [6, 6.07) is 17.6. The Kier molecular flexibility index (Phi) is 4.63. The van der Waals surface area contributed by atoms with E-state index in [1.807, 2.05) is 59.5 Å². The summed E-state index contributed by atoms with van der Waals surface area (Å²) in [6.45, 7) is 1.31. The Labute approximate surface area is 174 Å². The van der Waals surface area contributed by atoms with E-state index in [4.69, 9.17) is 10.7 Å². The summed E-state index contributed by atoms with van der Waals surface area (Å²) in [7, 11) is 0. The van der Waals surface area contributed by atoms with Crippen LogP contribution in [0.3, 0.4) is 0 Å². The second-order valence-electron chi connectivity index (χ2n) is 7.59. The van der Waals surface area contributed by atoms with Gasteiger partial charge in [-0.1, -0.05) is 42.5 Å². The van der Waals surface area contributed by atoms with Crippen molar-refractivity contribution >= 4 is 22.9 Å². The Bertz CT molecular complexity index is 1170. The predicted octanol–water partition coefficient (Wildman–Crippen LogP) is 3.62. The van der Waals surface area contributed by atoms with Gasteiger partial charge in [0.1, 0.15) is 5.82 Å². The van der Waals surface area contributed by atoms with Crippen molar-refractivity contribution in [2.75, 3.05) is 18.8 Å². The number of hydrogen-bond acceptors (Lipinski definition) is 5. The molecule has 30 heavy (non-hydrogen) atoms. The maximum absolute atomic E-state index is 13.4. The number of fused-ring (bicyclic) bond motifs is 1. The van der Waals surface area contributed by atoms with Crippen LogP contribution in [0.4, 0.5) is 5.95 Å². The number of nitrogens with zero attached hydrogens (tertiary/aromatic N) is 4. The lowest BCUT2D eigenvalue weighted by molar-refractivity contribution is 0.0705. The number of carbonyl (C=O) groups is 1. The molecule has 7 heteroatoms. The maximum Gasteiger partial charge on any atom is 0.257 e. The number of carbonyl (C=O) groups excluding carboxylic acids is 1. The molecule has 0 spiro atoms. The molecule has 1 amide bonds. The minimum atomic E-state index is -0.0744. The van der Waals surface area contributed by atoms with Gasteiger partial charge in [-0.3, -0.25) is 4.79 Å². The average Bonchev–Trinajstić information content (AvgIpc) is 3.24. The van der Waals surface area contributed by atoms with Crippen LogP contribution >= 0.6 is 0 Å². The fraction of sp³-hybridized carbons (Fsp3) is 0.217.